The van der Waals surface area contributed by atoms with Crippen LogP contribution >= 0.6 is 0 Å². The topological polar surface area (TPSA) is 86.2 Å². The maximum Gasteiger partial charge on any atom is 0.348 e. The smallest absolute Gasteiger partial charge is 0.348 e. The number of benzene rings is 1. The lowest BCUT2D eigenvalue weighted by Crippen LogP contribution is -2.41. The van der Waals surface area contributed by atoms with Gasteiger partial charge in [-0.2, -0.15) is 5.10 Å². The summed E-state index contributed by atoms with van der Waals surface area (Å²) in [5.41, 5.74) is 2.60. The summed E-state index contributed by atoms with van der Waals surface area (Å²) in [7, 11) is 0. The Morgan fingerprint density at radius 1 is 1.24 bits per heavy atom. The molecule has 0 saturated carbocycles. The van der Waals surface area contributed by atoms with Gasteiger partial charge in [-0.1, -0.05) is 12.1 Å². The number of cyclic esters (lactones) is 2. The van der Waals surface area contributed by atoms with E-state index in [-0.39, 0.29) is 11.3 Å². The highest BCUT2D eigenvalue weighted by Gasteiger charge is 2.38. The Morgan fingerprint density at radius 2 is 1.88 bits per heavy atom. The number of hydrogen-bond donors (Lipinski definition) is 1. The summed E-state index contributed by atoms with van der Waals surface area (Å²) in [6.45, 7) is 2.12. The maximum atomic E-state index is 12.2. The van der Waals surface area contributed by atoms with E-state index in [0.29, 0.717) is 5.69 Å². The van der Waals surface area contributed by atoms with E-state index >= 15 is 0 Å². The summed E-state index contributed by atoms with van der Waals surface area (Å²) < 4.78 is 39.2. The van der Waals surface area contributed by atoms with Gasteiger partial charge in [0.05, 0.1) is 5.69 Å². The van der Waals surface area contributed by atoms with Gasteiger partial charge in [0.15, 0.2) is 0 Å². The van der Waals surface area contributed by atoms with Crippen LogP contribution in [0.1, 0.15) is 13.8 Å². The Morgan fingerprint density at radius 3 is 2.52 bits per heavy atom. The second-order valence-electron chi connectivity index (χ2n) is 5.35. The van der Waals surface area contributed by atoms with E-state index in [0.717, 1.165) is 12.3 Å². The molecule has 25 heavy (non-hydrogen) atoms. The molecule has 1 aromatic carbocycles. The van der Waals surface area contributed by atoms with Crippen LogP contribution in [-0.2, 0) is 19.1 Å². The monoisotopic (exact) mass is 354 g/mol. The van der Waals surface area contributed by atoms with Gasteiger partial charge in [-0.05, 0) is 18.2 Å². The third kappa shape index (κ3) is 5.27. The van der Waals surface area contributed by atoms with Crippen LogP contribution < -0.4 is 10.2 Å². The highest BCUT2D eigenvalue weighted by atomic mass is 19.3. The highest BCUT2D eigenvalue weighted by molar-refractivity contribution is 6.17. The summed E-state index contributed by atoms with van der Waals surface area (Å²) in [4.78, 5) is 23.4. The molecule has 0 spiro atoms. The van der Waals surface area contributed by atoms with Crippen LogP contribution in [0, 0.1) is 0 Å². The van der Waals surface area contributed by atoms with Crippen molar-refractivity contribution in [3.05, 3.63) is 35.9 Å². The van der Waals surface area contributed by atoms with Crippen LogP contribution in [0.15, 0.2) is 41.0 Å². The molecular formula is C16H16F2N2O5. The van der Waals surface area contributed by atoms with Crippen molar-refractivity contribution in [2.45, 2.75) is 26.1 Å². The summed E-state index contributed by atoms with van der Waals surface area (Å²) in [6, 6.07) is 6.34. The fourth-order valence-corrected chi connectivity index (χ4v) is 1.85. The molecule has 0 aliphatic carbocycles. The van der Waals surface area contributed by atoms with Crippen molar-refractivity contribution in [3.63, 3.8) is 0 Å². The van der Waals surface area contributed by atoms with E-state index in [2.05, 4.69) is 10.5 Å². The average molecular weight is 354 g/mol. The standard InChI is InChI=1S/C16H16F2N2O5/c1-16(2)24-14(21)10(15(22)25-16)7-8-19-20-11-5-3-4-6-12(11)23-9-13(17)18/h3-8,13,20H,9H2,1-2H3/b19-8+. The third-order valence-corrected chi connectivity index (χ3v) is 2.87. The third-order valence-electron chi connectivity index (χ3n) is 2.87. The number of alkyl halides is 2. The van der Waals surface area contributed by atoms with Gasteiger partial charge in [-0.15, -0.1) is 0 Å². The molecule has 1 saturated heterocycles. The fraction of sp³-hybridized carbons (Fsp3) is 0.312. The lowest BCUT2D eigenvalue weighted by atomic mass is 10.2. The molecule has 7 nitrogen and oxygen atoms in total. The molecule has 9 heteroatoms. The second-order valence-corrected chi connectivity index (χ2v) is 5.35. The molecule has 0 aromatic heterocycles. The molecule has 1 heterocycles. The van der Waals surface area contributed by atoms with Gasteiger partial charge in [-0.3, -0.25) is 5.43 Å². The first-order chi connectivity index (χ1) is 11.8. The van der Waals surface area contributed by atoms with Crippen molar-refractivity contribution in [2.24, 2.45) is 5.10 Å². The number of para-hydroxylation sites is 2. The number of hydrogen-bond acceptors (Lipinski definition) is 7. The van der Waals surface area contributed by atoms with Crippen LogP contribution in [0.25, 0.3) is 0 Å². The molecule has 1 fully saturated rings. The number of rotatable bonds is 6. The minimum absolute atomic E-state index is 0.186. The normalized spacial score (nSPS) is 16.6. The zero-order valence-corrected chi connectivity index (χ0v) is 13.5. The molecule has 1 aromatic rings. The number of esters is 2. The van der Waals surface area contributed by atoms with Gasteiger partial charge in [0.25, 0.3) is 12.2 Å². The maximum absolute atomic E-state index is 12.2. The zero-order chi connectivity index (χ0) is 18.4. The Labute approximate surface area is 142 Å². The average Bonchev–Trinajstić information content (AvgIpc) is 2.51. The number of anilines is 1. The minimum Gasteiger partial charge on any atom is -0.485 e. The molecule has 134 valence electrons. The van der Waals surface area contributed by atoms with E-state index < -0.39 is 30.8 Å². The number of halogens is 2. The number of nitrogens with one attached hydrogen (secondary N) is 1. The van der Waals surface area contributed by atoms with Crippen molar-refractivity contribution in [1.29, 1.82) is 0 Å². The Bertz CT molecular complexity index is 694. The number of hydrazone groups is 1. The van der Waals surface area contributed by atoms with E-state index in [1.165, 1.54) is 19.9 Å². The first-order valence-corrected chi connectivity index (χ1v) is 7.24. The van der Waals surface area contributed by atoms with Gasteiger partial charge in [0, 0.05) is 20.1 Å². The molecule has 1 aliphatic rings. The van der Waals surface area contributed by atoms with Crippen LogP contribution in [0.2, 0.25) is 0 Å². The Kier molecular flexibility index (Phi) is 5.68. The van der Waals surface area contributed by atoms with Crippen LogP contribution in [0.5, 0.6) is 5.75 Å². The molecule has 0 amide bonds. The lowest BCUT2D eigenvalue weighted by Gasteiger charge is -2.29. The Hall–Kier alpha value is -2.97. The number of allylic oxidation sites excluding steroid dienone is 1. The van der Waals surface area contributed by atoms with Crippen molar-refractivity contribution < 1.29 is 32.6 Å². The van der Waals surface area contributed by atoms with Crippen LogP contribution in [-0.4, -0.2) is 37.0 Å². The summed E-state index contributed by atoms with van der Waals surface area (Å²) in [5.74, 6) is -2.78. The number of carbonyl (C=O) groups excluding carboxylic acids is 2. The van der Waals surface area contributed by atoms with E-state index in [9.17, 15) is 18.4 Å². The van der Waals surface area contributed by atoms with E-state index in [1.54, 1.807) is 18.2 Å². The quantitative estimate of drug-likeness (QED) is 0.278. The predicted molar refractivity (Wildman–Crippen MR) is 84.4 cm³/mol. The number of ether oxygens (including phenoxy) is 3. The van der Waals surface area contributed by atoms with Crippen molar-refractivity contribution in [3.8, 4) is 5.75 Å². The SMILES string of the molecule is CC1(C)OC(=O)C(=C/C=N/Nc2ccccc2OCC(F)F)C(=O)O1. The fourth-order valence-electron chi connectivity index (χ4n) is 1.85. The predicted octanol–water partition coefficient (Wildman–Crippen LogP) is 2.49. The van der Waals surface area contributed by atoms with Crippen LogP contribution in [0.3, 0.4) is 0 Å². The largest absolute Gasteiger partial charge is 0.485 e. The zero-order valence-electron chi connectivity index (χ0n) is 13.5. The second kappa shape index (κ2) is 7.73. The summed E-state index contributed by atoms with van der Waals surface area (Å²) >= 11 is 0. The summed E-state index contributed by atoms with van der Waals surface area (Å²) in [6.07, 6.45) is -0.343. The van der Waals surface area contributed by atoms with E-state index in [1.807, 2.05) is 0 Å². The molecule has 2 rings (SSSR count). The van der Waals surface area contributed by atoms with Gasteiger partial charge < -0.3 is 14.2 Å². The molecular weight excluding hydrogens is 338 g/mol. The number of nitrogens with zero attached hydrogens (tertiary/aromatic N) is 1. The number of carbonyl (C=O) groups is 2. The van der Waals surface area contributed by atoms with Crippen molar-refractivity contribution in [1.82, 2.24) is 0 Å². The lowest BCUT2D eigenvalue weighted by molar-refractivity contribution is -0.222. The van der Waals surface area contributed by atoms with Crippen LogP contribution in [0.4, 0.5) is 14.5 Å². The highest BCUT2D eigenvalue weighted by Crippen LogP contribution is 2.24. The molecule has 1 N–H and O–H groups in total. The van der Waals surface area contributed by atoms with Crippen molar-refractivity contribution >= 4 is 23.8 Å². The first kappa shape index (κ1) is 18.4. The van der Waals surface area contributed by atoms with Gasteiger partial charge in [0.1, 0.15) is 17.9 Å². The minimum atomic E-state index is -2.60. The molecule has 0 radical (unpaired) electrons. The van der Waals surface area contributed by atoms with E-state index in [4.69, 9.17) is 14.2 Å². The first-order valence-electron chi connectivity index (χ1n) is 7.24. The summed E-state index contributed by atoms with van der Waals surface area (Å²) in [5, 5.41) is 3.79. The van der Waals surface area contributed by atoms with Crippen molar-refractivity contribution in [2.75, 3.05) is 12.0 Å². The molecule has 1 aliphatic heterocycles. The van der Waals surface area contributed by atoms with Gasteiger partial charge in [-0.25, -0.2) is 18.4 Å². The molecule has 0 unspecified atom stereocenters. The molecule has 0 bridgehead atoms. The van der Waals surface area contributed by atoms with Gasteiger partial charge in [0.2, 0.25) is 0 Å². The van der Waals surface area contributed by atoms with Gasteiger partial charge >= 0.3 is 11.9 Å². The Balaban J connectivity index is 2.02. The molecule has 0 atom stereocenters.